The van der Waals surface area contributed by atoms with Gasteiger partial charge in [-0.2, -0.15) is 0 Å². The Morgan fingerprint density at radius 2 is 1.75 bits per heavy atom. The van der Waals surface area contributed by atoms with Gasteiger partial charge in [-0.1, -0.05) is 35.7 Å². The summed E-state index contributed by atoms with van der Waals surface area (Å²) >= 11 is 7.48. The second-order valence-corrected chi connectivity index (χ2v) is 7.28. The van der Waals surface area contributed by atoms with Crippen LogP contribution in [-0.2, 0) is 0 Å². The second-order valence-electron chi connectivity index (χ2n) is 5.51. The summed E-state index contributed by atoms with van der Waals surface area (Å²) in [5.41, 5.74) is 1.53. The first-order chi connectivity index (χ1) is 9.57. The van der Waals surface area contributed by atoms with Gasteiger partial charge < -0.3 is 9.47 Å². The van der Waals surface area contributed by atoms with E-state index in [1.807, 2.05) is 6.07 Å². The highest BCUT2D eigenvalue weighted by molar-refractivity contribution is 9.10. The molecule has 2 rings (SSSR count). The summed E-state index contributed by atoms with van der Waals surface area (Å²) in [6.45, 7) is 2.29. The van der Waals surface area contributed by atoms with E-state index in [0.29, 0.717) is 10.2 Å². The second kappa shape index (κ2) is 6.69. The summed E-state index contributed by atoms with van der Waals surface area (Å²) < 4.78 is 11.9. The summed E-state index contributed by atoms with van der Waals surface area (Å²) in [5.74, 6) is 1.77. The molecule has 1 saturated carbocycles. The van der Waals surface area contributed by atoms with Crippen LogP contribution in [0.25, 0.3) is 0 Å². The van der Waals surface area contributed by atoms with Crippen molar-refractivity contribution in [2.45, 2.75) is 43.9 Å². The van der Waals surface area contributed by atoms with Crippen LogP contribution in [0, 0.1) is 5.41 Å². The Bertz CT molecular complexity index is 468. The lowest BCUT2D eigenvalue weighted by Gasteiger charge is -2.34. The molecule has 1 aromatic carbocycles. The lowest BCUT2D eigenvalue weighted by atomic mass is 9.77. The van der Waals surface area contributed by atoms with Gasteiger partial charge in [-0.15, -0.1) is 0 Å². The third-order valence-electron chi connectivity index (χ3n) is 4.62. The quantitative estimate of drug-likeness (QED) is 0.570. The van der Waals surface area contributed by atoms with E-state index < -0.39 is 0 Å². The first-order valence-electron chi connectivity index (χ1n) is 7.13. The molecule has 0 saturated heterocycles. The molecule has 0 aliphatic heterocycles. The Hall–Kier alpha value is -0.220. The fourth-order valence-corrected chi connectivity index (χ4v) is 4.90. The average molecular weight is 406 g/mol. The van der Waals surface area contributed by atoms with Gasteiger partial charge >= 0.3 is 0 Å². The summed E-state index contributed by atoms with van der Waals surface area (Å²) in [6, 6.07) is 4.10. The number of hydrogen-bond acceptors (Lipinski definition) is 2. The van der Waals surface area contributed by atoms with E-state index in [1.54, 1.807) is 14.2 Å². The average Bonchev–Trinajstić information content (AvgIpc) is 2.96. The molecule has 0 spiro atoms. The first kappa shape index (κ1) is 16.2. The van der Waals surface area contributed by atoms with Crippen molar-refractivity contribution in [1.82, 2.24) is 0 Å². The number of alkyl halides is 1. The zero-order valence-corrected chi connectivity index (χ0v) is 15.5. The summed E-state index contributed by atoms with van der Waals surface area (Å²) in [4.78, 5) is 0.305. The maximum Gasteiger partial charge on any atom is 0.133 e. The molecule has 1 aromatic rings. The lowest BCUT2D eigenvalue weighted by molar-refractivity contribution is 0.274. The van der Waals surface area contributed by atoms with Gasteiger partial charge in [0.2, 0.25) is 0 Å². The molecule has 1 fully saturated rings. The fraction of sp³-hybridized carbons (Fsp3) is 0.625. The van der Waals surface area contributed by atoms with Gasteiger partial charge in [0, 0.05) is 10.4 Å². The molecule has 1 unspecified atom stereocenters. The fourth-order valence-electron chi connectivity index (χ4n) is 3.28. The van der Waals surface area contributed by atoms with Gasteiger partial charge in [0.15, 0.2) is 0 Å². The van der Waals surface area contributed by atoms with Crippen molar-refractivity contribution in [2.75, 3.05) is 14.2 Å². The van der Waals surface area contributed by atoms with E-state index >= 15 is 0 Å². The number of benzene rings is 1. The van der Waals surface area contributed by atoms with Crippen molar-refractivity contribution in [3.8, 4) is 11.5 Å². The Balaban J connectivity index is 2.44. The van der Waals surface area contributed by atoms with E-state index in [0.717, 1.165) is 16.0 Å². The van der Waals surface area contributed by atoms with Crippen LogP contribution in [0.3, 0.4) is 0 Å². The Morgan fingerprint density at radius 3 is 2.25 bits per heavy atom. The van der Waals surface area contributed by atoms with Gasteiger partial charge in [0.1, 0.15) is 11.5 Å². The molecular formula is C16H22Br2O2. The van der Waals surface area contributed by atoms with E-state index in [4.69, 9.17) is 9.47 Å². The van der Waals surface area contributed by atoms with E-state index in [-0.39, 0.29) is 0 Å². The molecule has 1 atom stereocenters. The van der Waals surface area contributed by atoms with Gasteiger partial charge in [-0.25, -0.2) is 0 Å². The SMILES string of the molecule is CCC1(C(Br)c2cc(OC)c(Br)cc2OC)CCCC1. The largest absolute Gasteiger partial charge is 0.496 e. The van der Waals surface area contributed by atoms with Gasteiger partial charge in [-0.05, 0) is 52.7 Å². The van der Waals surface area contributed by atoms with Crippen molar-refractivity contribution in [3.63, 3.8) is 0 Å². The van der Waals surface area contributed by atoms with Crippen molar-refractivity contribution < 1.29 is 9.47 Å². The highest BCUT2D eigenvalue weighted by Crippen LogP contribution is 2.56. The molecule has 20 heavy (non-hydrogen) atoms. The van der Waals surface area contributed by atoms with Crippen LogP contribution in [-0.4, -0.2) is 14.2 Å². The smallest absolute Gasteiger partial charge is 0.133 e. The maximum atomic E-state index is 5.58. The van der Waals surface area contributed by atoms with Crippen LogP contribution in [0.5, 0.6) is 11.5 Å². The number of ether oxygens (including phenoxy) is 2. The molecule has 112 valence electrons. The normalized spacial score (nSPS) is 18.9. The topological polar surface area (TPSA) is 18.5 Å². The molecule has 0 aromatic heterocycles. The number of hydrogen-bond donors (Lipinski definition) is 0. The minimum Gasteiger partial charge on any atom is -0.496 e. The summed E-state index contributed by atoms with van der Waals surface area (Å²) in [7, 11) is 3.43. The standard InChI is InChI=1S/C16H22Br2O2/c1-4-16(7-5-6-8-16)15(18)11-9-14(20-3)12(17)10-13(11)19-2/h9-10,15H,4-8H2,1-3H3. The molecule has 1 aliphatic rings. The molecule has 4 heteroatoms. The van der Waals surface area contributed by atoms with Crippen LogP contribution in [0.15, 0.2) is 16.6 Å². The predicted octanol–water partition coefficient (Wildman–Crippen LogP) is 5.87. The minimum absolute atomic E-state index is 0.305. The molecule has 0 bridgehead atoms. The maximum absolute atomic E-state index is 5.58. The van der Waals surface area contributed by atoms with Crippen LogP contribution in [0.4, 0.5) is 0 Å². The molecule has 0 heterocycles. The minimum atomic E-state index is 0.305. The van der Waals surface area contributed by atoms with E-state index in [2.05, 4.69) is 44.8 Å². The van der Waals surface area contributed by atoms with Gasteiger partial charge in [-0.3, -0.25) is 0 Å². The van der Waals surface area contributed by atoms with Crippen molar-refractivity contribution in [2.24, 2.45) is 5.41 Å². The molecule has 1 aliphatic carbocycles. The van der Waals surface area contributed by atoms with E-state index in [1.165, 1.54) is 37.7 Å². The molecule has 0 amide bonds. The van der Waals surface area contributed by atoms with Crippen LogP contribution in [0.2, 0.25) is 0 Å². The highest BCUT2D eigenvalue weighted by atomic mass is 79.9. The Kier molecular flexibility index (Phi) is 5.41. The van der Waals surface area contributed by atoms with Crippen molar-refractivity contribution >= 4 is 31.9 Å². The Labute approximate surface area is 138 Å². The monoisotopic (exact) mass is 404 g/mol. The third-order valence-corrected chi connectivity index (χ3v) is 6.70. The predicted molar refractivity (Wildman–Crippen MR) is 90.1 cm³/mol. The highest BCUT2D eigenvalue weighted by Gasteiger charge is 2.40. The lowest BCUT2D eigenvalue weighted by Crippen LogP contribution is -2.21. The number of rotatable bonds is 5. The number of halogens is 2. The number of methoxy groups -OCH3 is 2. The third kappa shape index (κ3) is 2.87. The van der Waals surface area contributed by atoms with Gasteiger partial charge in [0.05, 0.1) is 18.7 Å². The van der Waals surface area contributed by atoms with Crippen molar-refractivity contribution in [1.29, 1.82) is 0 Å². The first-order valence-corrected chi connectivity index (χ1v) is 8.84. The molecular weight excluding hydrogens is 384 g/mol. The zero-order chi connectivity index (χ0) is 14.8. The van der Waals surface area contributed by atoms with Gasteiger partial charge in [0.25, 0.3) is 0 Å². The Morgan fingerprint density at radius 1 is 1.15 bits per heavy atom. The van der Waals surface area contributed by atoms with E-state index in [9.17, 15) is 0 Å². The summed E-state index contributed by atoms with van der Waals surface area (Å²) in [6.07, 6.45) is 6.39. The molecule has 0 N–H and O–H groups in total. The molecule has 0 radical (unpaired) electrons. The van der Waals surface area contributed by atoms with Crippen molar-refractivity contribution in [3.05, 3.63) is 22.2 Å². The van der Waals surface area contributed by atoms with Crippen LogP contribution >= 0.6 is 31.9 Å². The zero-order valence-electron chi connectivity index (χ0n) is 12.3. The van der Waals surface area contributed by atoms with Crippen LogP contribution < -0.4 is 9.47 Å². The van der Waals surface area contributed by atoms with Crippen LogP contribution in [0.1, 0.15) is 49.4 Å². The summed E-state index contributed by atoms with van der Waals surface area (Å²) in [5, 5.41) is 0. The molecule has 2 nitrogen and oxygen atoms in total.